The number of likely N-dealkylation sites (tertiary alicyclic amines) is 1. The van der Waals surface area contributed by atoms with Crippen molar-refractivity contribution in [2.75, 3.05) is 18.4 Å². The van der Waals surface area contributed by atoms with Gasteiger partial charge in [0.15, 0.2) is 5.15 Å². The van der Waals surface area contributed by atoms with Crippen molar-refractivity contribution in [3.8, 4) is 0 Å². The summed E-state index contributed by atoms with van der Waals surface area (Å²) in [5, 5.41) is 17.8. The lowest BCUT2D eigenvalue weighted by Crippen LogP contribution is -2.44. The zero-order chi connectivity index (χ0) is 15.6. The van der Waals surface area contributed by atoms with Gasteiger partial charge in [-0.2, -0.15) is 13.2 Å². The molecule has 1 fully saturated rings. The van der Waals surface area contributed by atoms with Crippen LogP contribution in [0.1, 0.15) is 18.4 Å². The maximum atomic E-state index is 12.7. The number of nitrogens with one attached hydrogen (secondary N) is 1. The topological polar surface area (TPSA) is 78.4 Å². The fraction of sp³-hybridized carbons (Fsp3) is 0.545. The average Bonchev–Trinajstić information content (AvgIpc) is 2.40. The van der Waals surface area contributed by atoms with E-state index in [4.69, 9.17) is 16.7 Å². The molecule has 2 heterocycles. The Morgan fingerprint density at radius 3 is 2.81 bits per heavy atom. The van der Waals surface area contributed by atoms with E-state index in [2.05, 4.69) is 15.5 Å². The number of anilines is 1. The van der Waals surface area contributed by atoms with Crippen LogP contribution in [-0.4, -0.2) is 45.4 Å². The molecule has 116 valence electrons. The predicted molar refractivity (Wildman–Crippen MR) is 68.3 cm³/mol. The normalized spacial score (nSPS) is 19.4. The highest BCUT2D eigenvalue weighted by Crippen LogP contribution is 2.34. The third-order valence-corrected chi connectivity index (χ3v) is 3.38. The first kappa shape index (κ1) is 15.6. The number of piperidine rings is 1. The minimum Gasteiger partial charge on any atom is -0.465 e. The standard InChI is InChI=1S/C11H12ClF3N4O2/c12-9-7(11(13,14)15)4-8(17-18-9)16-6-2-1-3-19(5-6)10(20)21/h4,6H,1-3,5H2,(H,16,17)(H,20,21)/t6-/m1/s1. The van der Waals surface area contributed by atoms with Crippen molar-refractivity contribution >= 4 is 23.5 Å². The van der Waals surface area contributed by atoms with Gasteiger partial charge in [-0.1, -0.05) is 11.6 Å². The van der Waals surface area contributed by atoms with Crippen molar-refractivity contribution in [3.63, 3.8) is 0 Å². The van der Waals surface area contributed by atoms with E-state index in [0.29, 0.717) is 19.4 Å². The second kappa shape index (κ2) is 5.92. The van der Waals surface area contributed by atoms with E-state index < -0.39 is 23.0 Å². The van der Waals surface area contributed by atoms with Gasteiger partial charge >= 0.3 is 12.3 Å². The minimum absolute atomic E-state index is 0.0797. The summed E-state index contributed by atoms with van der Waals surface area (Å²) in [5.74, 6) is -0.0797. The SMILES string of the molecule is O=C(O)N1CCC[C@@H](Nc2cc(C(F)(F)F)c(Cl)nn2)C1. The summed E-state index contributed by atoms with van der Waals surface area (Å²) < 4.78 is 38.1. The van der Waals surface area contributed by atoms with E-state index in [9.17, 15) is 18.0 Å². The number of rotatable bonds is 2. The Kier molecular flexibility index (Phi) is 4.40. The monoisotopic (exact) mass is 324 g/mol. The number of halogens is 4. The van der Waals surface area contributed by atoms with Gasteiger partial charge in [0.1, 0.15) is 5.82 Å². The molecule has 1 saturated heterocycles. The Hall–Kier alpha value is -1.77. The van der Waals surface area contributed by atoms with Gasteiger partial charge in [0, 0.05) is 19.1 Å². The highest BCUT2D eigenvalue weighted by atomic mass is 35.5. The molecule has 0 unspecified atom stereocenters. The quantitative estimate of drug-likeness (QED) is 0.874. The summed E-state index contributed by atoms with van der Waals surface area (Å²) >= 11 is 5.38. The summed E-state index contributed by atoms with van der Waals surface area (Å²) in [6.07, 6.45) is -4.42. The van der Waals surface area contributed by atoms with Gasteiger partial charge in [-0.25, -0.2) is 4.79 Å². The smallest absolute Gasteiger partial charge is 0.419 e. The number of hydrogen-bond donors (Lipinski definition) is 2. The number of hydrogen-bond acceptors (Lipinski definition) is 4. The highest BCUT2D eigenvalue weighted by molar-refractivity contribution is 6.30. The fourth-order valence-electron chi connectivity index (χ4n) is 2.12. The van der Waals surface area contributed by atoms with Gasteiger partial charge in [-0.15, -0.1) is 10.2 Å². The fourth-order valence-corrected chi connectivity index (χ4v) is 2.32. The van der Waals surface area contributed by atoms with Crippen LogP contribution in [-0.2, 0) is 6.18 Å². The number of amides is 1. The molecule has 2 rings (SSSR count). The van der Waals surface area contributed by atoms with Crippen LogP contribution in [0.2, 0.25) is 5.15 Å². The van der Waals surface area contributed by atoms with E-state index >= 15 is 0 Å². The third kappa shape index (κ3) is 3.87. The summed E-state index contributed by atoms with van der Waals surface area (Å²) in [5.41, 5.74) is -1.08. The number of alkyl halides is 3. The first-order chi connectivity index (χ1) is 9.77. The zero-order valence-electron chi connectivity index (χ0n) is 10.7. The number of nitrogens with zero attached hydrogens (tertiary/aromatic N) is 3. The van der Waals surface area contributed by atoms with Gasteiger partial charge in [-0.3, -0.25) is 0 Å². The number of aromatic nitrogens is 2. The van der Waals surface area contributed by atoms with Crippen LogP contribution in [0.5, 0.6) is 0 Å². The van der Waals surface area contributed by atoms with Crippen LogP contribution in [0.15, 0.2) is 6.07 Å². The Balaban J connectivity index is 2.11. The zero-order valence-corrected chi connectivity index (χ0v) is 11.4. The molecule has 1 atom stereocenters. The Labute approximate surface area is 122 Å². The first-order valence-corrected chi connectivity index (χ1v) is 6.50. The Morgan fingerprint density at radius 2 is 2.19 bits per heavy atom. The molecule has 10 heteroatoms. The van der Waals surface area contributed by atoms with Gasteiger partial charge in [0.05, 0.1) is 5.56 Å². The van der Waals surface area contributed by atoms with Crippen LogP contribution < -0.4 is 5.32 Å². The van der Waals surface area contributed by atoms with E-state index in [-0.39, 0.29) is 18.4 Å². The van der Waals surface area contributed by atoms with Crippen LogP contribution in [0.4, 0.5) is 23.8 Å². The summed E-state index contributed by atoms with van der Waals surface area (Å²) in [6.45, 7) is 0.592. The molecule has 0 aromatic carbocycles. The second-order valence-corrected chi connectivity index (χ2v) is 5.00. The maximum Gasteiger partial charge on any atom is 0.419 e. The Bertz CT molecular complexity index is 541. The van der Waals surface area contributed by atoms with Crippen molar-refractivity contribution in [3.05, 3.63) is 16.8 Å². The molecule has 0 aliphatic carbocycles. The van der Waals surface area contributed by atoms with Crippen molar-refractivity contribution in [1.82, 2.24) is 15.1 Å². The summed E-state index contributed by atoms with van der Waals surface area (Å²) in [4.78, 5) is 12.1. The molecular formula is C11H12ClF3N4O2. The van der Waals surface area contributed by atoms with Gasteiger partial charge in [0.25, 0.3) is 0 Å². The molecule has 1 aromatic heterocycles. The van der Waals surface area contributed by atoms with Gasteiger partial charge < -0.3 is 15.3 Å². The summed E-state index contributed by atoms with van der Waals surface area (Å²) in [7, 11) is 0. The lowest BCUT2D eigenvalue weighted by atomic mass is 10.1. The lowest BCUT2D eigenvalue weighted by molar-refractivity contribution is -0.137. The molecule has 1 aromatic rings. The van der Waals surface area contributed by atoms with Gasteiger partial charge in [0.2, 0.25) is 0 Å². The average molecular weight is 325 g/mol. The van der Waals surface area contributed by atoms with Crippen LogP contribution in [0.3, 0.4) is 0 Å². The molecule has 2 N–H and O–H groups in total. The summed E-state index contributed by atoms with van der Waals surface area (Å²) in [6, 6.07) is 0.459. The molecule has 21 heavy (non-hydrogen) atoms. The van der Waals surface area contributed by atoms with Gasteiger partial charge in [-0.05, 0) is 18.9 Å². The molecule has 1 aliphatic rings. The maximum absolute atomic E-state index is 12.7. The first-order valence-electron chi connectivity index (χ1n) is 6.12. The molecule has 1 amide bonds. The second-order valence-electron chi connectivity index (χ2n) is 4.64. The lowest BCUT2D eigenvalue weighted by Gasteiger charge is -2.31. The van der Waals surface area contributed by atoms with Crippen molar-refractivity contribution in [2.24, 2.45) is 0 Å². The van der Waals surface area contributed by atoms with Crippen molar-refractivity contribution in [1.29, 1.82) is 0 Å². The number of carbonyl (C=O) groups is 1. The highest BCUT2D eigenvalue weighted by Gasteiger charge is 2.35. The predicted octanol–water partition coefficient (Wildman–Crippen LogP) is 2.70. The van der Waals surface area contributed by atoms with Crippen LogP contribution in [0, 0.1) is 0 Å². The van der Waals surface area contributed by atoms with E-state index in [0.717, 1.165) is 6.07 Å². The van der Waals surface area contributed by atoms with Crippen molar-refractivity contribution < 1.29 is 23.1 Å². The van der Waals surface area contributed by atoms with E-state index in [1.807, 2.05) is 0 Å². The molecule has 6 nitrogen and oxygen atoms in total. The third-order valence-electron chi connectivity index (χ3n) is 3.10. The largest absolute Gasteiger partial charge is 0.465 e. The van der Waals surface area contributed by atoms with E-state index in [1.54, 1.807) is 0 Å². The molecular weight excluding hydrogens is 313 g/mol. The van der Waals surface area contributed by atoms with E-state index in [1.165, 1.54) is 4.90 Å². The Morgan fingerprint density at radius 1 is 1.48 bits per heavy atom. The molecule has 0 bridgehead atoms. The molecule has 0 spiro atoms. The molecule has 0 saturated carbocycles. The van der Waals surface area contributed by atoms with Crippen molar-refractivity contribution in [2.45, 2.75) is 25.1 Å². The number of carboxylic acid groups (broad SMARTS) is 1. The molecule has 0 radical (unpaired) electrons. The molecule has 1 aliphatic heterocycles. The minimum atomic E-state index is -4.62. The van der Waals surface area contributed by atoms with Crippen LogP contribution >= 0.6 is 11.6 Å². The van der Waals surface area contributed by atoms with Crippen LogP contribution in [0.25, 0.3) is 0 Å².